The second-order valence-corrected chi connectivity index (χ2v) is 7.15. The van der Waals surface area contributed by atoms with Crippen LogP contribution in [0.15, 0.2) is 97.1 Å². The van der Waals surface area contributed by atoms with E-state index in [4.69, 9.17) is 0 Å². The van der Waals surface area contributed by atoms with Gasteiger partial charge in [-0.15, -0.1) is 0 Å². The first-order valence-corrected chi connectivity index (χ1v) is 10.3. The molecule has 4 rings (SSSR count). The molecule has 0 fully saturated rings. The Balaban J connectivity index is 1.77. The molecule has 31 heavy (non-hydrogen) atoms. The van der Waals surface area contributed by atoms with Crippen LogP contribution in [0.25, 0.3) is 36.5 Å². The van der Waals surface area contributed by atoms with Gasteiger partial charge >= 0.3 is 0 Å². The Morgan fingerprint density at radius 2 is 0.903 bits per heavy atom. The third kappa shape index (κ3) is 5.49. The highest BCUT2D eigenvalue weighted by Gasteiger charge is 2.08. The summed E-state index contributed by atoms with van der Waals surface area (Å²) in [7, 11) is 0. The molecular weight excluding hydrogens is 376 g/mol. The van der Waals surface area contributed by atoms with Crippen LogP contribution in [-0.2, 0) is 0 Å². The molecule has 0 saturated heterocycles. The van der Waals surface area contributed by atoms with Gasteiger partial charge in [-0.2, -0.15) is 0 Å². The highest BCUT2D eigenvalue weighted by molar-refractivity contribution is 5.87. The van der Waals surface area contributed by atoms with Crippen molar-refractivity contribution in [2.24, 2.45) is 0 Å². The molecule has 4 aromatic rings. The Morgan fingerprint density at radius 1 is 0.484 bits per heavy atom. The average Bonchev–Trinajstić information content (AvgIpc) is 2.83. The van der Waals surface area contributed by atoms with Crippen molar-refractivity contribution in [3.8, 4) is 5.75 Å². The van der Waals surface area contributed by atoms with Crippen molar-refractivity contribution in [1.82, 2.24) is 0 Å². The molecule has 0 saturated carbocycles. The van der Waals surface area contributed by atoms with E-state index in [-0.39, 0.29) is 5.75 Å². The molecule has 0 aliphatic rings. The maximum Gasteiger partial charge on any atom is 0.131 e. The molecule has 0 aromatic heterocycles. The molecule has 4 aromatic carbocycles. The van der Waals surface area contributed by atoms with Gasteiger partial charge < -0.3 is 5.11 Å². The van der Waals surface area contributed by atoms with E-state index in [0.717, 1.165) is 33.4 Å². The molecule has 0 amide bonds. The van der Waals surface area contributed by atoms with Crippen molar-refractivity contribution in [2.75, 3.05) is 0 Å². The molecule has 1 radical (unpaired) electrons. The van der Waals surface area contributed by atoms with E-state index in [2.05, 4.69) is 54.6 Å². The zero-order chi connectivity index (χ0) is 21.3. The summed E-state index contributed by atoms with van der Waals surface area (Å²) in [5, 5.41) is 10.6. The van der Waals surface area contributed by atoms with Crippen LogP contribution in [0, 0.1) is 6.07 Å². The average molecular weight is 400 g/mol. The summed E-state index contributed by atoms with van der Waals surface area (Å²) < 4.78 is 0. The first-order valence-electron chi connectivity index (χ1n) is 10.3. The molecule has 0 aliphatic heterocycles. The Morgan fingerprint density at radius 3 is 1.39 bits per heavy atom. The quantitative estimate of drug-likeness (QED) is 0.329. The minimum atomic E-state index is 0.136. The summed E-state index contributed by atoms with van der Waals surface area (Å²) >= 11 is 0. The molecule has 1 heteroatoms. The van der Waals surface area contributed by atoms with E-state index in [1.54, 1.807) is 0 Å². The summed E-state index contributed by atoms with van der Waals surface area (Å²) in [6.45, 7) is 0. The van der Waals surface area contributed by atoms with E-state index in [0.29, 0.717) is 0 Å². The minimum absolute atomic E-state index is 0.136. The fraction of sp³-hybridized carbons (Fsp3) is 0. The monoisotopic (exact) mass is 399 g/mol. The summed E-state index contributed by atoms with van der Waals surface area (Å²) in [6, 6.07) is 35.2. The Labute approximate surface area is 184 Å². The van der Waals surface area contributed by atoms with Crippen molar-refractivity contribution in [2.45, 2.75) is 0 Å². The Bertz CT molecular complexity index is 1200. The van der Waals surface area contributed by atoms with Crippen LogP contribution < -0.4 is 0 Å². The summed E-state index contributed by atoms with van der Waals surface area (Å²) in [5.74, 6) is 0.136. The van der Waals surface area contributed by atoms with Gasteiger partial charge in [0.1, 0.15) is 5.75 Å². The number of hydrogen-bond donors (Lipinski definition) is 1. The van der Waals surface area contributed by atoms with Gasteiger partial charge in [0.25, 0.3) is 0 Å². The van der Waals surface area contributed by atoms with Crippen molar-refractivity contribution in [3.05, 3.63) is 137 Å². The predicted molar refractivity (Wildman–Crippen MR) is 133 cm³/mol. The van der Waals surface area contributed by atoms with Crippen molar-refractivity contribution in [1.29, 1.82) is 0 Å². The van der Waals surface area contributed by atoms with E-state index >= 15 is 0 Å². The van der Waals surface area contributed by atoms with Gasteiger partial charge in [-0.1, -0.05) is 127 Å². The maximum atomic E-state index is 10.6. The van der Waals surface area contributed by atoms with E-state index in [1.165, 1.54) is 0 Å². The van der Waals surface area contributed by atoms with Gasteiger partial charge in [0.2, 0.25) is 0 Å². The second-order valence-electron chi connectivity index (χ2n) is 7.15. The van der Waals surface area contributed by atoms with E-state index in [1.807, 2.05) is 84.9 Å². The van der Waals surface area contributed by atoms with E-state index in [9.17, 15) is 5.11 Å². The lowest BCUT2D eigenvalue weighted by atomic mass is 9.96. The largest absolute Gasteiger partial charge is 0.507 e. The molecule has 0 atom stereocenters. The van der Waals surface area contributed by atoms with Crippen molar-refractivity contribution in [3.63, 3.8) is 0 Å². The Kier molecular flexibility index (Phi) is 6.57. The van der Waals surface area contributed by atoms with Crippen LogP contribution in [0.3, 0.4) is 0 Å². The SMILES string of the molecule is Oc1[c]cc(C=Cc2ccccc2)c(C=Cc2ccccc2)c1C=Cc1ccccc1. The number of benzene rings is 4. The first kappa shape index (κ1) is 20.2. The topological polar surface area (TPSA) is 20.2 Å². The summed E-state index contributed by atoms with van der Waals surface area (Å²) in [4.78, 5) is 0. The fourth-order valence-corrected chi connectivity index (χ4v) is 3.31. The number of hydrogen-bond acceptors (Lipinski definition) is 1. The van der Waals surface area contributed by atoms with Gasteiger partial charge in [-0.25, -0.2) is 0 Å². The molecule has 1 nitrogen and oxygen atoms in total. The molecule has 149 valence electrons. The number of phenols is 1. The molecular formula is C30H23O. The zero-order valence-electron chi connectivity index (χ0n) is 17.1. The van der Waals surface area contributed by atoms with Crippen LogP contribution >= 0.6 is 0 Å². The lowest BCUT2D eigenvalue weighted by molar-refractivity contribution is 0.472. The zero-order valence-corrected chi connectivity index (χ0v) is 17.1. The second kappa shape index (κ2) is 10.1. The third-order valence-corrected chi connectivity index (χ3v) is 4.96. The van der Waals surface area contributed by atoms with Crippen LogP contribution in [-0.4, -0.2) is 5.11 Å². The first-order chi connectivity index (χ1) is 15.3. The third-order valence-electron chi connectivity index (χ3n) is 4.96. The standard InChI is InChI=1S/C30H23O/c31-30-23-20-27(19-16-24-10-4-1-5-11-24)28(21-17-25-12-6-2-7-13-25)29(30)22-18-26-14-8-3-9-15-26/h1-22,31H. The van der Waals surface area contributed by atoms with Crippen LogP contribution in [0.5, 0.6) is 5.75 Å². The number of rotatable bonds is 6. The maximum absolute atomic E-state index is 10.6. The summed E-state index contributed by atoms with van der Waals surface area (Å²) in [6.07, 6.45) is 12.2. The highest BCUT2D eigenvalue weighted by Crippen LogP contribution is 2.29. The fourth-order valence-electron chi connectivity index (χ4n) is 3.31. The van der Waals surface area contributed by atoms with Crippen LogP contribution in [0.2, 0.25) is 0 Å². The Hall–Kier alpha value is -4.10. The van der Waals surface area contributed by atoms with Gasteiger partial charge in [-0.3, -0.25) is 0 Å². The predicted octanol–water partition coefficient (Wildman–Crippen LogP) is 7.70. The van der Waals surface area contributed by atoms with Gasteiger partial charge in [-0.05, 0) is 33.9 Å². The summed E-state index contributed by atoms with van der Waals surface area (Å²) in [5.41, 5.74) is 5.97. The van der Waals surface area contributed by atoms with Crippen molar-refractivity contribution < 1.29 is 5.11 Å². The molecule has 1 N–H and O–H groups in total. The van der Waals surface area contributed by atoms with Crippen LogP contribution in [0.4, 0.5) is 0 Å². The highest BCUT2D eigenvalue weighted by atomic mass is 16.3. The van der Waals surface area contributed by atoms with Gasteiger partial charge in [0.15, 0.2) is 0 Å². The molecule has 0 heterocycles. The lowest BCUT2D eigenvalue weighted by Gasteiger charge is -2.09. The molecule has 0 unspecified atom stereocenters. The van der Waals surface area contributed by atoms with Crippen molar-refractivity contribution >= 4 is 36.5 Å². The normalized spacial score (nSPS) is 11.6. The number of aromatic hydroxyl groups is 1. The minimum Gasteiger partial charge on any atom is -0.507 e. The van der Waals surface area contributed by atoms with Crippen LogP contribution in [0.1, 0.15) is 33.4 Å². The van der Waals surface area contributed by atoms with Gasteiger partial charge in [0, 0.05) is 11.6 Å². The lowest BCUT2D eigenvalue weighted by Crippen LogP contribution is -1.88. The molecule has 0 spiro atoms. The molecule has 0 aliphatic carbocycles. The molecule has 0 bridgehead atoms. The number of phenolic OH excluding ortho intramolecular Hbond substituents is 1. The smallest absolute Gasteiger partial charge is 0.131 e. The van der Waals surface area contributed by atoms with Gasteiger partial charge in [0.05, 0.1) is 0 Å². The van der Waals surface area contributed by atoms with E-state index < -0.39 is 0 Å².